The first kappa shape index (κ1) is 11.1. The van der Waals surface area contributed by atoms with Crippen LogP contribution < -0.4 is 10.2 Å². The molecule has 1 aromatic carbocycles. The molecule has 1 aliphatic rings. The molecule has 1 aliphatic heterocycles. The zero-order valence-corrected chi connectivity index (χ0v) is 9.85. The van der Waals surface area contributed by atoms with Crippen LogP contribution in [0.4, 0.5) is 5.69 Å². The summed E-state index contributed by atoms with van der Waals surface area (Å²) in [5.41, 5.74) is 1.67. The number of anilines is 1. The van der Waals surface area contributed by atoms with Gasteiger partial charge in [0.15, 0.2) is 0 Å². The molecular formula is C13H14N2O3. The number of hydrogen-bond acceptors (Lipinski definition) is 4. The molecule has 5 heteroatoms. The Kier molecular flexibility index (Phi) is 2.68. The van der Waals surface area contributed by atoms with Crippen LogP contribution in [0.1, 0.15) is 10.6 Å². The highest BCUT2D eigenvalue weighted by atomic mass is 16.4. The standard InChI is InChI=1S/C13H14N2O3/c16-13(17)12-8-9-10(2-1-3-11(9)18-12)15-6-4-14-5-7-15/h1-3,8,14H,4-7H2,(H,16,17). The third kappa shape index (κ3) is 1.82. The van der Waals surface area contributed by atoms with Gasteiger partial charge in [0.05, 0.1) is 0 Å². The van der Waals surface area contributed by atoms with Gasteiger partial charge in [-0.3, -0.25) is 0 Å². The van der Waals surface area contributed by atoms with Crippen molar-refractivity contribution in [1.29, 1.82) is 0 Å². The minimum atomic E-state index is -1.03. The predicted molar refractivity (Wildman–Crippen MR) is 68.3 cm³/mol. The Morgan fingerprint density at radius 2 is 2.11 bits per heavy atom. The maximum Gasteiger partial charge on any atom is 0.371 e. The molecule has 0 aliphatic carbocycles. The highest BCUT2D eigenvalue weighted by molar-refractivity contribution is 5.97. The zero-order valence-electron chi connectivity index (χ0n) is 9.85. The van der Waals surface area contributed by atoms with Gasteiger partial charge in [-0.25, -0.2) is 4.79 Å². The molecule has 5 nitrogen and oxygen atoms in total. The van der Waals surface area contributed by atoms with Gasteiger partial charge in [-0.15, -0.1) is 0 Å². The Hall–Kier alpha value is -2.01. The first-order valence-electron chi connectivity index (χ1n) is 5.97. The number of fused-ring (bicyclic) bond motifs is 1. The molecule has 1 saturated heterocycles. The van der Waals surface area contributed by atoms with E-state index >= 15 is 0 Å². The van der Waals surface area contributed by atoms with Gasteiger partial charge in [0.1, 0.15) is 5.58 Å². The van der Waals surface area contributed by atoms with Crippen LogP contribution in [-0.4, -0.2) is 37.3 Å². The summed E-state index contributed by atoms with van der Waals surface area (Å²) < 4.78 is 5.32. The van der Waals surface area contributed by atoms with E-state index in [1.54, 1.807) is 12.1 Å². The van der Waals surface area contributed by atoms with Gasteiger partial charge in [-0.05, 0) is 12.1 Å². The van der Waals surface area contributed by atoms with Crippen LogP contribution in [0.15, 0.2) is 28.7 Å². The van der Waals surface area contributed by atoms with Gasteiger partial charge >= 0.3 is 5.97 Å². The van der Waals surface area contributed by atoms with Crippen LogP contribution in [0.5, 0.6) is 0 Å². The van der Waals surface area contributed by atoms with Crippen LogP contribution in [0.2, 0.25) is 0 Å². The van der Waals surface area contributed by atoms with Crippen LogP contribution in [0, 0.1) is 0 Å². The average molecular weight is 246 g/mol. The van der Waals surface area contributed by atoms with Gasteiger partial charge in [0.25, 0.3) is 0 Å². The van der Waals surface area contributed by atoms with E-state index in [9.17, 15) is 4.79 Å². The molecule has 0 radical (unpaired) electrons. The van der Waals surface area contributed by atoms with Crippen LogP contribution >= 0.6 is 0 Å². The third-order valence-corrected chi connectivity index (χ3v) is 3.21. The zero-order chi connectivity index (χ0) is 12.5. The van der Waals surface area contributed by atoms with Gasteiger partial charge in [-0.2, -0.15) is 0 Å². The molecule has 94 valence electrons. The number of nitrogens with one attached hydrogen (secondary N) is 1. The Bertz CT molecular complexity index is 585. The summed E-state index contributed by atoms with van der Waals surface area (Å²) in [6.07, 6.45) is 0. The third-order valence-electron chi connectivity index (χ3n) is 3.21. The predicted octanol–water partition coefficient (Wildman–Crippen LogP) is 1.54. The highest BCUT2D eigenvalue weighted by Gasteiger charge is 2.17. The van der Waals surface area contributed by atoms with E-state index in [1.807, 2.05) is 12.1 Å². The van der Waals surface area contributed by atoms with Crippen molar-refractivity contribution in [1.82, 2.24) is 5.32 Å². The summed E-state index contributed by atoms with van der Waals surface area (Å²) in [6.45, 7) is 3.74. The van der Waals surface area contributed by atoms with Gasteiger partial charge < -0.3 is 19.7 Å². The molecule has 0 saturated carbocycles. The van der Waals surface area contributed by atoms with Crippen molar-refractivity contribution < 1.29 is 14.3 Å². The van der Waals surface area contributed by atoms with Crippen molar-refractivity contribution >= 4 is 22.6 Å². The molecule has 0 spiro atoms. The molecular weight excluding hydrogens is 232 g/mol. The normalized spacial score (nSPS) is 16.1. The molecule has 0 unspecified atom stereocenters. The SMILES string of the molecule is O=C(O)c1cc2c(N3CCNCC3)cccc2o1. The maximum atomic E-state index is 10.9. The van der Waals surface area contributed by atoms with E-state index < -0.39 is 5.97 Å². The number of carboxylic acids is 1. The quantitative estimate of drug-likeness (QED) is 0.841. The fourth-order valence-electron chi connectivity index (χ4n) is 2.33. The summed E-state index contributed by atoms with van der Waals surface area (Å²) in [5.74, 6) is -1.04. The molecule has 2 aromatic rings. The van der Waals surface area contributed by atoms with Crippen molar-refractivity contribution in [2.45, 2.75) is 0 Å². The summed E-state index contributed by atoms with van der Waals surface area (Å²) in [4.78, 5) is 13.2. The smallest absolute Gasteiger partial charge is 0.371 e. The van der Waals surface area contributed by atoms with E-state index in [0.29, 0.717) is 5.58 Å². The molecule has 2 N–H and O–H groups in total. The van der Waals surface area contributed by atoms with E-state index in [-0.39, 0.29) is 5.76 Å². The van der Waals surface area contributed by atoms with Crippen molar-refractivity contribution in [3.63, 3.8) is 0 Å². The number of carbonyl (C=O) groups is 1. The molecule has 2 heterocycles. The Morgan fingerprint density at radius 1 is 1.33 bits per heavy atom. The van der Waals surface area contributed by atoms with Crippen LogP contribution in [-0.2, 0) is 0 Å². The minimum absolute atomic E-state index is 0.00687. The molecule has 3 rings (SSSR count). The lowest BCUT2D eigenvalue weighted by atomic mass is 10.2. The van der Waals surface area contributed by atoms with Crippen LogP contribution in [0.25, 0.3) is 11.0 Å². The summed E-state index contributed by atoms with van der Waals surface area (Å²) in [7, 11) is 0. The second-order valence-corrected chi connectivity index (χ2v) is 4.34. The topological polar surface area (TPSA) is 65.7 Å². The first-order valence-corrected chi connectivity index (χ1v) is 5.97. The Labute approximate surface area is 104 Å². The number of aromatic carboxylic acids is 1. The monoisotopic (exact) mass is 246 g/mol. The number of nitrogens with zero attached hydrogens (tertiary/aromatic N) is 1. The fraction of sp³-hybridized carbons (Fsp3) is 0.308. The number of carboxylic acid groups (broad SMARTS) is 1. The van der Waals surface area contributed by atoms with Crippen molar-refractivity contribution in [3.05, 3.63) is 30.0 Å². The lowest BCUT2D eigenvalue weighted by Crippen LogP contribution is -2.43. The second-order valence-electron chi connectivity index (χ2n) is 4.34. The Morgan fingerprint density at radius 3 is 2.83 bits per heavy atom. The number of furan rings is 1. The average Bonchev–Trinajstić information content (AvgIpc) is 2.83. The first-order chi connectivity index (χ1) is 8.75. The van der Waals surface area contributed by atoms with Gasteiger partial charge in [0.2, 0.25) is 5.76 Å². The molecule has 1 aromatic heterocycles. The van der Waals surface area contributed by atoms with Crippen molar-refractivity contribution in [2.24, 2.45) is 0 Å². The lowest BCUT2D eigenvalue weighted by molar-refractivity contribution is 0.0665. The van der Waals surface area contributed by atoms with E-state index in [1.165, 1.54) is 0 Å². The van der Waals surface area contributed by atoms with Crippen molar-refractivity contribution in [3.8, 4) is 0 Å². The molecule has 1 fully saturated rings. The summed E-state index contributed by atoms with van der Waals surface area (Å²) in [6, 6.07) is 7.31. The van der Waals surface area contributed by atoms with Gasteiger partial charge in [-0.1, -0.05) is 6.07 Å². The van der Waals surface area contributed by atoms with Crippen molar-refractivity contribution in [2.75, 3.05) is 31.1 Å². The summed E-state index contributed by atoms with van der Waals surface area (Å²) >= 11 is 0. The second kappa shape index (κ2) is 4.34. The Balaban J connectivity index is 2.07. The van der Waals surface area contributed by atoms with E-state index in [4.69, 9.17) is 9.52 Å². The summed E-state index contributed by atoms with van der Waals surface area (Å²) in [5, 5.41) is 13.1. The van der Waals surface area contributed by atoms with Crippen LogP contribution in [0.3, 0.4) is 0 Å². The highest BCUT2D eigenvalue weighted by Crippen LogP contribution is 2.29. The number of rotatable bonds is 2. The van der Waals surface area contributed by atoms with Gasteiger partial charge in [0, 0.05) is 43.3 Å². The van der Waals surface area contributed by atoms with E-state index in [2.05, 4.69) is 10.2 Å². The number of piperazine rings is 1. The molecule has 0 bridgehead atoms. The largest absolute Gasteiger partial charge is 0.475 e. The maximum absolute atomic E-state index is 10.9. The molecule has 0 amide bonds. The van der Waals surface area contributed by atoms with E-state index in [0.717, 1.165) is 37.3 Å². The number of hydrogen-bond donors (Lipinski definition) is 2. The minimum Gasteiger partial charge on any atom is -0.475 e. The molecule has 0 atom stereocenters. The number of benzene rings is 1. The fourth-order valence-corrected chi connectivity index (χ4v) is 2.33. The molecule has 18 heavy (non-hydrogen) atoms. The lowest BCUT2D eigenvalue weighted by Gasteiger charge is -2.29.